The van der Waals surface area contributed by atoms with E-state index >= 15 is 0 Å². The van der Waals surface area contributed by atoms with Crippen LogP contribution in [-0.2, 0) is 17.8 Å². The Morgan fingerprint density at radius 2 is 2.13 bits per heavy atom. The molecule has 3 unspecified atom stereocenters. The molecule has 0 spiro atoms. The summed E-state index contributed by atoms with van der Waals surface area (Å²) in [4.78, 5) is 18.5. The number of carbonyl (C=O) groups excluding carboxylic acids is 1. The van der Waals surface area contributed by atoms with Crippen molar-refractivity contribution in [2.24, 2.45) is 17.8 Å². The number of aromatic amines is 1. The van der Waals surface area contributed by atoms with Crippen molar-refractivity contribution >= 4 is 16.8 Å². The molecular weight excluding hydrogens is 284 g/mol. The first-order valence-electron chi connectivity index (χ1n) is 9.14. The smallest absolute Gasteiger partial charge is 0.223 e. The van der Waals surface area contributed by atoms with Gasteiger partial charge in [0.1, 0.15) is 0 Å². The van der Waals surface area contributed by atoms with Gasteiger partial charge in [-0.15, -0.1) is 0 Å². The van der Waals surface area contributed by atoms with Gasteiger partial charge in [0.25, 0.3) is 0 Å². The van der Waals surface area contributed by atoms with E-state index in [1.54, 1.807) is 0 Å². The van der Waals surface area contributed by atoms with Crippen LogP contribution in [-0.4, -0.2) is 22.3 Å². The van der Waals surface area contributed by atoms with Gasteiger partial charge in [0.05, 0.1) is 0 Å². The number of benzene rings is 1. The van der Waals surface area contributed by atoms with E-state index in [9.17, 15) is 4.79 Å². The molecule has 1 aromatic heterocycles. The molecule has 2 aromatic rings. The largest absolute Gasteiger partial charge is 0.358 e. The molecule has 3 atom stereocenters. The molecule has 3 aliphatic rings. The molecule has 0 saturated heterocycles. The number of hydrogen-bond acceptors (Lipinski definition) is 1. The summed E-state index contributed by atoms with van der Waals surface area (Å²) >= 11 is 0. The van der Waals surface area contributed by atoms with Crippen LogP contribution in [0.1, 0.15) is 43.4 Å². The average molecular weight is 308 g/mol. The predicted molar refractivity (Wildman–Crippen MR) is 91.0 cm³/mol. The zero-order valence-corrected chi connectivity index (χ0v) is 13.6. The van der Waals surface area contributed by atoms with Crippen LogP contribution in [0.5, 0.6) is 0 Å². The molecule has 1 aromatic carbocycles. The van der Waals surface area contributed by atoms with Gasteiger partial charge in [0.15, 0.2) is 0 Å². The monoisotopic (exact) mass is 308 g/mol. The molecule has 2 saturated carbocycles. The summed E-state index contributed by atoms with van der Waals surface area (Å²) in [5.74, 6) is 2.83. The van der Waals surface area contributed by atoms with Gasteiger partial charge in [-0.2, -0.15) is 0 Å². The number of hydrogen-bond donors (Lipinski definition) is 1. The molecular formula is C20H24N2O. The zero-order chi connectivity index (χ0) is 15.4. The van der Waals surface area contributed by atoms with E-state index in [1.807, 2.05) is 0 Å². The van der Waals surface area contributed by atoms with E-state index < -0.39 is 0 Å². The number of aromatic nitrogens is 1. The predicted octanol–water partition coefficient (Wildman–Crippen LogP) is 3.88. The second kappa shape index (κ2) is 5.12. The number of para-hydroxylation sites is 1. The molecule has 2 heterocycles. The van der Waals surface area contributed by atoms with Gasteiger partial charge in [0.2, 0.25) is 5.91 Å². The topological polar surface area (TPSA) is 36.1 Å². The maximum atomic E-state index is 12.8. The number of nitrogens with one attached hydrogen (secondary N) is 1. The van der Waals surface area contributed by atoms with E-state index in [2.05, 4.69) is 34.1 Å². The second-order valence-corrected chi connectivity index (χ2v) is 7.83. The van der Waals surface area contributed by atoms with Crippen molar-refractivity contribution < 1.29 is 4.79 Å². The molecule has 2 bridgehead atoms. The van der Waals surface area contributed by atoms with E-state index in [0.29, 0.717) is 11.8 Å². The van der Waals surface area contributed by atoms with Gasteiger partial charge in [-0.1, -0.05) is 24.6 Å². The molecule has 23 heavy (non-hydrogen) atoms. The Bertz CT molecular complexity index is 762. The van der Waals surface area contributed by atoms with Crippen molar-refractivity contribution in [3.63, 3.8) is 0 Å². The Balaban J connectivity index is 1.33. The number of rotatable bonds is 2. The summed E-state index contributed by atoms with van der Waals surface area (Å²) in [5.41, 5.74) is 3.88. The van der Waals surface area contributed by atoms with Crippen molar-refractivity contribution in [1.82, 2.24) is 9.88 Å². The minimum absolute atomic E-state index is 0.387. The maximum absolute atomic E-state index is 12.8. The van der Waals surface area contributed by atoms with Gasteiger partial charge >= 0.3 is 0 Å². The van der Waals surface area contributed by atoms with Gasteiger partial charge in [-0.3, -0.25) is 4.79 Å². The minimum Gasteiger partial charge on any atom is -0.358 e. The Kier molecular flexibility index (Phi) is 3.04. The van der Waals surface area contributed by atoms with E-state index in [4.69, 9.17) is 0 Å². The van der Waals surface area contributed by atoms with Crippen molar-refractivity contribution in [2.45, 2.75) is 45.1 Å². The lowest BCUT2D eigenvalue weighted by molar-refractivity contribution is -0.133. The minimum atomic E-state index is 0.387. The normalized spacial score (nSPS) is 29.2. The molecule has 120 valence electrons. The fourth-order valence-electron chi connectivity index (χ4n) is 5.36. The van der Waals surface area contributed by atoms with E-state index in [1.165, 1.54) is 47.8 Å². The first-order chi connectivity index (χ1) is 11.3. The number of amides is 1. The van der Waals surface area contributed by atoms with E-state index in [-0.39, 0.29) is 0 Å². The van der Waals surface area contributed by atoms with Crippen LogP contribution >= 0.6 is 0 Å². The van der Waals surface area contributed by atoms with Crippen molar-refractivity contribution in [2.75, 3.05) is 6.54 Å². The number of nitrogens with zero attached hydrogens (tertiary/aromatic N) is 1. The van der Waals surface area contributed by atoms with Gasteiger partial charge in [-0.05, 0) is 43.1 Å². The molecule has 1 aliphatic heterocycles. The summed E-state index contributed by atoms with van der Waals surface area (Å²) in [6.07, 6.45) is 7.24. The third-order valence-electron chi connectivity index (χ3n) is 6.56. The van der Waals surface area contributed by atoms with E-state index in [0.717, 1.165) is 37.8 Å². The SMILES string of the molecule is O=C(CC1CC2CCC1C2)N1CCc2[nH]c3ccccc3c2C1. The fraction of sp³-hybridized carbons (Fsp3) is 0.550. The molecule has 2 aliphatic carbocycles. The lowest BCUT2D eigenvalue weighted by Crippen LogP contribution is -2.37. The summed E-state index contributed by atoms with van der Waals surface area (Å²) in [5, 5.41) is 1.29. The van der Waals surface area contributed by atoms with Crippen molar-refractivity contribution in [1.29, 1.82) is 0 Å². The molecule has 2 fully saturated rings. The lowest BCUT2D eigenvalue weighted by atomic mass is 9.86. The molecule has 0 radical (unpaired) electrons. The van der Waals surface area contributed by atoms with Crippen LogP contribution in [0.4, 0.5) is 0 Å². The van der Waals surface area contributed by atoms with Crippen LogP contribution in [0.3, 0.4) is 0 Å². The fourth-order valence-corrected chi connectivity index (χ4v) is 5.36. The highest BCUT2D eigenvalue weighted by Crippen LogP contribution is 2.49. The zero-order valence-electron chi connectivity index (χ0n) is 13.6. The Labute approximate surface area is 137 Å². The van der Waals surface area contributed by atoms with Gasteiger partial charge in [-0.25, -0.2) is 0 Å². The van der Waals surface area contributed by atoms with Crippen molar-refractivity contribution in [3.8, 4) is 0 Å². The van der Waals surface area contributed by atoms with Gasteiger partial charge in [0, 0.05) is 48.1 Å². The lowest BCUT2D eigenvalue weighted by Gasteiger charge is -2.30. The van der Waals surface area contributed by atoms with Crippen LogP contribution in [0.25, 0.3) is 10.9 Å². The number of fused-ring (bicyclic) bond motifs is 5. The van der Waals surface area contributed by atoms with Gasteiger partial charge < -0.3 is 9.88 Å². The third kappa shape index (κ3) is 2.20. The van der Waals surface area contributed by atoms with Crippen LogP contribution in [0.15, 0.2) is 24.3 Å². The molecule has 1 amide bonds. The summed E-state index contributed by atoms with van der Waals surface area (Å²) < 4.78 is 0. The highest BCUT2D eigenvalue weighted by molar-refractivity contribution is 5.86. The van der Waals surface area contributed by atoms with Crippen LogP contribution in [0, 0.1) is 17.8 Å². The van der Waals surface area contributed by atoms with Crippen molar-refractivity contribution in [3.05, 3.63) is 35.5 Å². The third-order valence-corrected chi connectivity index (χ3v) is 6.56. The number of H-pyrrole nitrogens is 1. The summed E-state index contributed by atoms with van der Waals surface area (Å²) in [6.45, 7) is 1.67. The molecule has 3 nitrogen and oxygen atoms in total. The average Bonchev–Trinajstić information content (AvgIpc) is 3.27. The quantitative estimate of drug-likeness (QED) is 0.898. The molecule has 1 N–H and O–H groups in total. The Morgan fingerprint density at radius 1 is 1.22 bits per heavy atom. The molecule has 5 rings (SSSR count). The highest BCUT2D eigenvalue weighted by atomic mass is 16.2. The summed E-state index contributed by atoms with van der Waals surface area (Å²) in [7, 11) is 0. The maximum Gasteiger partial charge on any atom is 0.223 e. The second-order valence-electron chi connectivity index (χ2n) is 7.83. The first-order valence-corrected chi connectivity index (χ1v) is 9.14. The summed E-state index contributed by atoms with van der Waals surface area (Å²) in [6, 6.07) is 8.47. The Hall–Kier alpha value is -1.77. The Morgan fingerprint density at radius 3 is 2.96 bits per heavy atom. The first kappa shape index (κ1) is 13.6. The highest BCUT2D eigenvalue weighted by Gasteiger charge is 2.40. The van der Waals surface area contributed by atoms with Crippen LogP contribution < -0.4 is 0 Å². The van der Waals surface area contributed by atoms with Crippen LogP contribution in [0.2, 0.25) is 0 Å². The number of carbonyl (C=O) groups is 1. The molecule has 3 heteroatoms. The standard InChI is InChI=1S/C20H24N2O/c23-20(11-15-10-13-5-6-14(15)9-13)22-8-7-19-17(12-22)16-3-1-2-4-18(16)21-19/h1-4,13-15,21H,5-12H2.